The molecule has 3 aromatic rings. The van der Waals surface area contributed by atoms with E-state index in [-0.39, 0.29) is 17.7 Å². The fourth-order valence-electron chi connectivity index (χ4n) is 2.67. The Bertz CT molecular complexity index is 1100. The summed E-state index contributed by atoms with van der Waals surface area (Å²) >= 11 is 0. The molecule has 0 heterocycles. The van der Waals surface area contributed by atoms with Gasteiger partial charge in [-0.3, -0.25) is 0 Å². The summed E-state index contributed by atoms with van der Waals surface area (Å²) in [6, 6.07) is 2.86. The second kappa shape index (κ2) is 7.58. The zero-order valence-corrected chi connectivity index (χ0v) is 14.8. The molecule has 0 atom stereocenters. The Morgan fingerprint density at radius 2 is 1.20 bits per heavy atom. The topological polar surface area (TPSA) is 9.23 Å². The van der Waals surface area contributed by atoms with Crippen LogP contribution in [0.4, 0.5) is 39.5 Å². The van der Waals surface area contributed by atoms with Crippen molar-refractivity contribution in [1.82, 2.24) is 0 Å². The van der Waals surface area contributed by atoms with Crippen LogP contribution in [0.3, 0.4) is 0 Å². The van der Waals surface area contributed by atoms with E-state index < -0.39 is 69.3 Å². The van der Waals surface area contributed by atoms with Crippen molar-refractivity contribution in [3.8, 4) is 16.9 Å². The maximum absolute atomic E-state index is 14.3. The number of ether oxygens (including phenoxy) is 1. The van der Waals surface area contributed by atoms with Crippen molar-refractivity contribution in [3.05, 3.63) is 88.2 Å². The summed E-state index contributed by atoms with van der Waals surface area (Å²) in [6.07, 6.45) is -4.79. The Morgan fingerprint density at radius 3 is 1.73 bits per heavy atom. The van der Waals surface area contributed by atoms with Gasteiger partial charge in [-0.2, -0.15) is 8.78 Å². The van der Waals surface area contributed by atoms with Crippen LogP contribution in [0, 0.1) is 47.6 Å². The first kappa shape index (κ1) is 21.5. The van der Waals surface area contributed by atoms with E-state index in [0.29, 0.717) is 12.1 Å². The molecule has 1 nitrogen and oxygen atoms in total. The quantitative estimate of drug-likeness (QED) is 0.324. The van der Waals surface area contributed by atoms with Crippen molar-refractivity contribution in [2.45, 2.75) is 13.0 Å². The number of benzene rings is 3. The molecule has 0 aromatic heterocycles. The minimum Gasteiger partial charge on any atom is -0.429 e. The third kappa shape index (κ3) is 3.81. The lowest BCUT2D eigenvalue weighted by Crippen LogP contribution is -2.25. The van der Waals surface area contributed by atoms with Gasteiger partial charge in [-0.25, -0.2) is 30.7 Å². The van der Waals surface area contributed by atoms with Crippen molar-refractivity contribution in [2.24, 2.45) is 0 Å². The highest BCUT2D eigenvalue weighted by molar-refractivity contribution is 5.65. The molecule has 158 valence electrons. The average Bonchev–Trinajstić information content (AvgIpc) is 2.63. The molecule has 0 saturated carbocycles. The van der Waals surface area contributed by atoms with Gasteiger partial charge in [0, 0.05) is 17.7 Å². The first-order valence-electron chi connectivity index (χ1n) is 8.08. The number of hydrogen-bond acceptors (Lipinski definition) is 1. The lowest BCUT2D eigenvalue weighted by Gasteiger charge is -2.20. The van der Waals surface area contributed by atoms with Crippen LogP contribution in [0.1, 0.15) is 11.1 Å². The Hall–Kier alpha value is -3.17. The van der Waals surface area contributed by atoms with Crippen molar-refractivity contribution < 1.29 is 44.3 Å². The highest BCUT2D eigenvalue weighted by Gasteiger charge is 2.41. The van der Waals surface area contributed by atoms with Gasteiger partial charge >= 0.3 is 6.11 Å². The zero-order chi connectivity index (χ0) is 22.4. The molecule has 3 rings (SSSR count). The number of aryl methyl sites for hydroxylation is 1. The van der Waals surface area contributed by atoms with Crippen LogP contribution in [-0.2, 0) is 6.11 Å². The van der Waals surface area contributed by atoms with Crippen LogP contribution >= 0.6 is 0 Å². The van der Waals surface area contributed by atoms with Gasteiger partial charge in [0.1, 0.15) is 22.9 Å². The SMILES string of the molecule is Cc1ccc(-c2cc(F)c(C(F)(F)Oc3cc(F)c(F)c(F)c3)c(F)c2)c(F)c1F. The Morgan fingerprint density at radius 1 is 0.667 bits per heavy atom. The van der Waals surface area contributed by atoms with Crippen LogP contribution in [0.25, 0.3) is 11.1 Å². The highest BCUT2D eigenvalue weighted by Crippen LogP contribution is 2.38. The maximum Gasteiger partial charge on any atom is 0.432 e. The fourth-order valence-corrected chi connectivity index (χ4v) is 2.67. The maximum atomic E-state index is 14.3. The molecule has 0 aliphatic carbocycles. The van der Waals surface area contributed by atoms with E-state index in [4.69, 9.17) is 0 Å². The molecule has 3 aromatic carbocycles. The fraction of sp³-hybridized carbons (Fsp3) is 0.100. The largest absolute Gasteiger partial charge is 0.432 e. The van der Waals surface area contributed by atoms with Crippen LogP contribution in [0.2, 0.25) is 0 Å². The molecule has 0 bridgehead atoms. The van der Waals surface area contributed by atoms with Gasteiger partial charge in [0.15, 0.2) is 29.1 Å². The normalized spacial score (nSPS) is 11.7. The number of hydrogen-bond donors (Lipinski definition) is 0. The first-order chi connectivity index (χ1) is 13.9. The van der Waals surface area contributed by atoms with Crippen LogP contribution in [-0.4, -0.2) is 0 Å². The molecule has 0 aliphatic heterocycles. The predicted octanol–water partition coefficient (Wildman–Crippen LogP) is 6.76. The van der Waals surface area contributed by atoms with Gasteiger partial charge in [-0.1, -0.05) is 12.1 Å². The van der Waals surface area contributed by atoms with Crippen LogP contribution in [0.15, 0.2) is 36.4 Å². The molecule has 0 radical (unpaired) electrons. The zero-order valence-electron chi connectivity index (χ0n) is 14.8. The van der Waals surface area contributed by atoms with Crippen molar-refractivity contribution in [1.29, 1.82) is 0 Å². The summed E-state index contributed by atoms with van der Waals surface area (Å²) in [7, 11) is 0. The van der Waals surface area contributed by atoms with Gasteiger partial charge < -0.3 is 4.74 Å². The summed E-state index contributed by atoms with van der Waals surface area (Å²) in [6.45, 7) is 1.24. The smallest absolute Gasteiger partial charge is 0.429 e. The van der Waals surface area contributed by atoms with Crippen molar-refractivity contribution >= 4 is 0 Å². The first-order valence-corrected chi connectivity index (χ1v) is 8.08. The average molecular weight is 436 g/mol. The summed E-state index contributed by atoms with van der Waals surface area (Å²) in [5.74, 6) is -13.5. The Balaban J connectivity index is 2.04. The molecule has 0 amide bonds. The molecular formula is C20H9F9O. The van der Waals surface area contributed by atoms with Gasteiger partial charge in [-0.05, 0) is 30.2 Å². The molecule has 0 saturated heterocycles. The standard InChI is InChI=1S/C20H9F9O/c1-8-2-3-11(18(26)17(8)25)9-4-12(21)16(13(22)5-9)20(28,29)30-10-6-14(23)19(27)15(24)7-10/h2-7H,1H3. The van der Waals surface area contributed by atoms with Gasteiger partial charge in [-0.15, -0.1) is 0 Å². The minimum atomic E-state index is -4.79. The van der Waals surface area contributed by atoms with Crippen molar-refractivity contribution in [3.63, 3.8) is 0 Å². The number of rotatable bonds is 4. The van der Waals surface area contributed by atoms with E-state index in [2.05, 4.69) is 4.74 Å². The minimum absolute atomic E-state index is 0.0565. The molecular weight excluding hydrogens is 427 g/mol. The van der Waals surface area contributed by atoms with Crippen LogP contribution < -0.4 is 4.74 Å². The molecule has 0 unspecified atom stereocenters. The van der Waals surface area contributed by atoms with E-state index >= 15 is 0 Å². The van der Waals surface area contributed by atoms with E-state index in [1.807, 2.05) is 0 Å². The molecule has 0 spiro atoms. The van der Waals surface area contributed by atoms with Gasteiger partial charge in [0.05, 0.1) is 0 Å². The second-order valence-corrected chi connectivity index (χ2v) is 6.19. The Kier molecular flexibility index (Phi) is 5.44. The van der Waals surface area contributed by atoms with Gasteiger partial charge in [0.25, 0.3) is 0 Å². The van der Waals surface area contributed by atoms with Crippen LogP contribution in [0.5, 0.6) is 5.75 Å². The second-order valence-electron chi connectivity index (χ2n) is 6.19. The Labute approximate surface area is 163 Å². The van der Waals surface area contributed by atoms with E-state index in [0.717, 1.165) is 12.1 Å². The molecule has 30 heavy (non-hydrogen) atoms. The van der Waals surface area contributed by atoms with E-state index in [1.165, 1.54) is 6.92 Å². The molecule has 10 heteroatoms. The predicted molar refractivity (Wildman–Crippen MR) is 87.3 cm³/mol. The summed E-state index contributed by atoms with van der Waals surface area (Å²) < 4.78 is 128. The third-order valence-electron chi connectivity index (χ3n) is 4.12. The third-order valence-corrected chi connectivity index (χ3v) is 4.12. The number of halogens is 9. The van der Waals surface area contributed by atoms with E-state index in [9.17, 15) is 39.5 Å². The highest BCUT2D eigenvalue weighted by atomic mass is 19.3. The molecule has 0 N–H and O–H groups in total. The molecule has 0 fully saturated rings. The van der Waals surface area contributed by atoms with Crippen molar-refractivity contribution in [2.75, 3.05) is 0 Å². The lowest BCUT2D eigenvalue weighted by molar-refractivity contribution is -0.189. The van der Waals surface area contributed by atoms with E-state index in [1.54, 1.807) is 0 Å². The lowest BCUT2D eigenvalue weighted by atomic mass is 10.0. The summed E-state index contributed by atoms with van der Waals surface area (Å²) in [5.41, 5.74) is -3.22. The van der Waals surface area contributed by atoms with Gasteiger partial charge in [0.2, 0.25) is 0 Å². The summed E-state index contributed by atoms with van der Waals surface area (Å²) in [4.78, 5) is 0. The monoisotopic (exact) mass is 436 g/mol. The molecule has 0 aliphatic rings. The number of alkyl halides is 2. The summed E-state index contributed by atoms with van der Waals surface area (Å²) in [5, 5.41) is 0.